The van der Waals surface area contributed by atoms with Gasteiger partial charge in [-0.25, -0.2) is 4.98 Å². The number of hydrogen-bond acceptors (Lipinski definition) is 2. The third-order valence-electron chi connectivity index (χ3n) is 3.64. The van der Waals surface area contributed by atoms with Gasteiger partial charge < -0.3 is 5.73 Å². The molecule has 2 heteroatoms. The van der Waals surface area contributed by atoms with Gasteiger partial charge in [-0.1, -0.05) is 42.5 Å². The highest BCUT2D eigenvalue weighted by molar-refractivity contribution is 5.84. The Morgan fingerprint density at radius 1 is 1.00 bits per heavy atom. The summed E-state index contributed by atoms with van der Waals surface area (Å²) in [6.45, 7) is 4.12. The number of hydrogen-bond donors (Lipinski definition) is 1. The van der Waals surface area contributed by atoms with Gasteiger partial charge in [-0.2, -0.15) is 0 Å². The zero-order valence-electron chi connectivity index (χ0n) is 11.8. The highest BCUT2D eigenvalue weighted by Crippen LogP contribution is 2.30. The predicted octanol–water partition coefficient (Wildman–Crippen LogP) is 4.23. The molecular weight excluding hydrogens is 244 g/mol. The summed E-state index contributed by atoms with van der Waals surface area (Å²) < 4.78 is 0. The molecule has 1 heterocycles. The zero-order valence-corrected chi connectivity index (χ0v) is 11.8. The van der Waals surface area contributed by atoms with Gasteiger partial charge in [0.05, 0.1) is 11.2 Å². The molecule has 0 bridgehead atoms. The maximum absolute atomic E-state index is 6.15. The van der Waals surface area contributed by atoms with Gasteiger partial charge >= 0.3 is 0 Å². The van der Waals surface area contributed by atoms with E-state index in [1.54, 1.807) is 0 Å². The van der Waals surface area contributed by atoms with E-state index >= 15 is 0 Å². The number of nitrogens with zero attached hydrogens (tertiary/aromatic N) is 1. The lowest BCUT2D eigenvalue weighted by Gasteiger charge is -2.15. The average molecular weight is 262 g/mol. The molecule has 0 amide bonds. The van der Waals surface area contributed by atoms with Crippen molar-refractivity contribution in [3.8, 4) is 11.3 Å². The minimum atomic E-state index is -0.0401. The maximum Gasteiger partial charge on any atom is 0.0759 e. The third-order valence-corrected chi connectivity index (χ3v) is 3.64. The smallest absolute Gasteiger partial charge is 0.0759 e. The Labute approximate surface area is 119 Å². The molecule has 0 saturated carbocycles. The highest BCUT2D eigenvalue weighted by atomic mass is 14.7. The van der Waals surface area contributed by atoms with Crippen LogP contribution in [-0.4, -0.2) is 4.98 Å². The molecule has 0 fully saturated rings. The summed E-state index contributed by atoms with van der Waals surface area (Å²) in [4.78, 5) is 4.85. The Morgan fingerprint density at radius 3 is 2.45 bits per heavy atom. The largest absolute Gasteiger partial charge is 0.324 e. The molecule has 3 aromatic rings. The number of benzene rings is 2. The van der Waals surface area contributed by atoms with Gasteiger partial charge in [0.25, 0.3) is 0 Å². The van der Waals surface area contributed by atoms with E-state index in [1.165, 1.54) is 5.56 Å². The molecule has 100 valence electrons. The molecule has 2 nitrogen and oxygen atoms in total. The average Bonchev–Trinajstić information content (AvgIpc) is 2.46. The van der Waals surface area contributed by atoms with Crippen molar-refractivity contribution in [2.75, 3.05) is 0 Å². The standard InChI is InChI=1S/C18H18N2/c1-12-7-3-5-9-15(12)18-16(13(2)19)11-14-8-4-6-10-17(14)20-18/h3-11,13H,19H2,1-2H3. The molecule has 2 aromatic carbocycles. The van der Waals surface area contributed by atoms with Crippen LogP contribution in [0.2, 0.25) is 0 Å². The Bertz CT molecular complexity index is 760. The minimum absolute atomic E-state index is 0.0401. The van der Waals surface area contributed by atoms with Crippen LogP contribution in [0.5, 0.6) is 0 Å². The molecule has 0 spiro atoms. The van der Waals surface area contributed by atoms with Crippen LogP contribution < -0.4 is 5.73 Å². The monoisotopic (exact) mass is 262 g/mol. The van der Waals surface area contributed by atoms with Crippen LogP contribution in [0.25, 0.3) is 22.2 Å². The Hall–Kier alpha value is -2.19. The number of aryl methyl sites for hydroxylation is 1. The fourth-order valence-corrected chi connectivity index (χ4v) is 2.53. The summed E-state index contributed by atoms with van der Waals surface area (Å²) in [6.07, 6.45) is 0. The lowest BCUT2D eigenvalue weighted by atomic mass is 9.96. The first kappa shape index (κ1) is 12.8. The second kappa shape index (κ2) is 5.06. The van der Waals surface area contributed by atoms with Crippen molar-refractivity contribution < 1.29 is 0 Å². The van der Waals surface area contributed by atoms with Crippen LogP contribution in [0.3, 0.4) is 0 Å². The highest BCUT2D eigenvalue weighted by Gasteiger charge is 2.13. The molecule has 1 unspecified atom stereocenters. The van der Waals surface area contributed by atoms with E-state index in [-0.39, 0.29) is 6.04 Å². The molecule has 0 aliphatic rings. The number of aromatic nitrogens is 1. The van der Waals surface area contributed by atoms with Gasteiger partial charge in [-0.05, 0) is 37.1 Å². The molecule has 20 heavy (non-hydrogen) atoms. The lowest BCUT2D eigenvalue weighted by molar-refractivity contribution is 0.817. The van der Waals surface area contributed by atoms with Crippen molar-refractivity contribution in [3.05, 3.63) is 65.7 Å². The van der Waals surface area contributed by atoms with E-state index < -0.39 is 0 Å². The summed E-state index contributed by atoms with van der Waals surface area (Å²) >= 11 is 0. The fraction of sp³-hybridized carbons (Fsp3) is 0.167. The van der Waals surface area contributed by atoms with Crippen molar-refractivity contribution in [1.82, 2.24) is 4.98 Å². The second-order valence-electron chi connectivity index (χ2n) is 5.22. The van der Waals surface area contributed by atoms with Gasteiger partial charge in [0, 0.05) is 17.0 Å². The summed E-state index contributed by atoms with van der Waals surface area (Å²) in [5.41, 5.74) is 11.6. The van der Waals surface area contributed by atoms with E-state index in [4.69, 9.17) is 10.7 Å². The zero-order chi connectivity index (χ0) is 14.1. The topological polar surface area (TPSA) is 38.9 Å². The summed E-state index contributed by atoms with van der Waals surface area (Å²) in [5, 5.41) is 1.14. The van der Waals surface area contributed by atoms with Crippen molar-refractivity contribution in [3.63, 3.8) is 0 Å². The van der Waals surface area contributed by atoms with Crippen molar-refractivity contribution in [2.24, 2.45) is 5.73 Å². The first-order chi connectivity index (χ1) is 9.66. The molecule has 0 saturated heterocycles. The number of pyridine rings is 1. The van der Waals surface area contributed by atoms with Gasteiger partial charge in [0.2, 0.25) is 0 Å². The normalized spacial score (nSPS) is 12.6. The number of fused-ring (bicyclic) bond motifs is 1. The van der Waals surface area contributed by atoms with Gasteiger partial charge in [0.1, 0.15) is 0 Å². The Kier molecular flexibility index (Phi) is 3.25. The van der Waals surface area contributed by atoms with Crippen molar-refractivity contribution in [2.45, 2.75) is 19.9 Å². The van der Waals surface area contributed by atoms with E-state index in [2.05, 4.69) is 31.2 Å². The predicted molar refractivity (Wildman–Crippen MR) is 84.5 cm³/mol. The van der Waals surface area contributed by atoms with Crippen LogP contribution in [-0.2, 0) is 0 Å². The van der Waals surface area contributed by atoms with E-state index in [0.29, 0.717) is 0 Å². The van der Waals surface area contributed by atoms with Crippen LogP contribution >= 0.6 is 0 Å². The lowest BCUT2D eigenvalue weighted by Crippen LogP contribution is -2.08. The number of rotatable bonds is 2. The van der Waals surface area contributed by atoms with Crippen LogP contribution in [0.1, 0.15) is 24.1 Å². The second-order valence-corrected chi connectivity index (χ2v) is 5.22. The summed E-state index contributed by atoms with van der Waals surface area (Å²) in [7, 11) is 0. The third kappa shape index (κ3) is 2.19. The fourth-order valence-electron chi connectivity index (χ4n) is 2.53. The van der Waals surface area contributed by atoms with Gasteiger partial charge in [-0.15, -0.1) is 0 Å². The molecule has 1 atom stereocenters. The van der Waals surface area contributed by atoms with Crippen LogP contribution in [0, 0.1) is 6.92 Å². The summed E-state index contributed by atoms with van der Waals surface area (Å²) in [5.74, 6) is 0. The molecular formula is C18H18N2. The Balaban J connectivity index is 2.33. The van der Waals surface area contributed by atoms with Gasteiger partial charge in [-0.3, -0.25) is 0 Å². The number of nitrogens with two attached hydrogens (primary N) is 1. The molecule has 3 rings (SSSR count). The maximum atomic E-state index is 6.15. The van der Waals surface area contributed by atoms with E-state index in [1.807, 2.05) is 37.3 Å². The van der Waals surface area contributed by atoms with Gasteiger partial charge in [0.15, 0.2) is 0 Å². The molecule has 0 aliphatic carbocycles. The molecule has 0 aliphatic heterocycles. The molecule has 0 radical (unpaired) electrons. The van der Waals surface area contributed by atoms with E-state index in [9.17, 15) is 0 Å². The number of para-hydroxylation sites is 1. The Morgan fingerprint density at radius 2 is 1.70 bits per heavy atom. The quantitative estimate of drug-likeness (QED) is 0.750. The van der Waals surface area contributed by atoms with Crippen LogP contribution in [0.4, 0.5) is 0 Å². The first-order valence-corrected chi connectivity index (χ1v) is 6.88. The molecule has 2 N–H and O–H groups in total. The first-order valence-electron chi connectivity index (χ1n) is 6.88. The van der Waals surface area contributed by atoms with Crippen LogP contribution in [0.15, 0.2) is 54.6 Å². The SMILES string of the molecule is Cc1ccccc1-c1nc2ccccc2cc1C(C)N. The summed E-state index contributed by atoms with van der Waals surface area (Å²) in [6, 6.07) is 18.6. The van der Waals surface area contributed by atoms with Crippen molar-refractivity contribution >= 4 is 10.9 Å². The van der Waals surface area contributed by atoms with Crippen molar-refractivity contribution in [1.29, 1.82) is 0 Å². The molecule has 1 aromatic heterocycles. The minimum Gasteiger partial charge on any atom is -0.324 e. The van der Waals surface area contributed by atoms with E-state index in [0.717, 1.165) is 27.7 Å².